The number of ether oxygens (including phenoxy) is 1. The second kappa shape index (κ2) is 9.25. The fourth-order valence-electron chi connectivity index (χ4n) is 2.59. The molecule has 0 aliphatic carbocycles. The fourth-order valence-corrected chi connectivity index (χ4v) is 3.40. The van der Waals surface area contributed by atoms with Crippen LogP contribution in [-0.2, 0) is 16.1 Å². The van der Waals surface area contributed by atoms with Gasteiger partial charge in [-0.2, -0.15) is 0 Å². The number of nitrogens with one attached hydrogen (secondary N) is 1. The third-order valence-corrected chi connectivity index (χ3v) is 4.98. The first kappa shape index (κ1) is 19.7. The van der Waals surface area contributed by atoms with Gasteiger partial charge in [0.15, 0.2) is 6.61 Å². The highest BCUT2D eigenvalue weighted by molar-refractivity contribution is 7.10. The fraction of sp³-hybridized carbons (Fsp3) is 0.143. The van der Waals surface area contributed by atoms with Crippen LogP contribution in [0.5, 0.6) is 0 Å². The standard InChI is InChI=1S/C21H18FNO4S/c22-17-9-7-15(8-10-17)20(18-2-1-11-28-18)23-19(25)13-27-21(26)16-5-3-14(12-24)4-6-16/h1-11,20,24H,12-13H2,(H,23,25)/t20-/m0/s1. The minimum atomic E-state index is -0.630. The van der Waals surface area contributed by atoms with Crippen LogP contribution in [0.4, 0.5) is 4.39 Å². The minimum absolute atomic E-state index is 0.120. The Morgan fingerprint density at radius 1 is 1.07 bits per heavy atom. The molecule has 28 heavy (non-hydrogen) atoms. The number of hydrogen-bond acceptors (Lipinski definition) is 5. The Morgan fingerprint density at radius 2 is 1.79 bits per heavy atom. The van der Waals surface area contributed by atoms with Gasteiger partial charge in [-0.05, 0) is 46.8 Å². The molecule has 2 aromatic carbocycles. The molecule has 144 valence electrons. The van der Waals surface area contributed by atoms with Crippen molar-refractivity contribution in [1.82, 2.24) is 5.32 Å². The van der Waals surface area contributed by atoms with E-state index in [0.29, 0.717) is 11.1 Å². The molecule has 0 saturated heterocycles. The van der Waals surface area contributed by atoms with Gasteiger partial charge in [0.25, 0.3) is 5.91 Å². The maximum absolute atomic E-state index is 13.2. The number of thiophene rings is 1. The Bertz CT molecular complexity index is 924. The third-order valence-electron chi connectivity index (χ3n) is 4.04. The summed E-state index contributed by atoms with van der Waals surface area (Å²) in [6, 6.07) is 15.4. The summed E-state index contributed by atoms with van der Waals surface area (Å²) in [5.74, 6) is -1.46. The molecule has 1 aromatic heterocycles. The Balaban J connectivity index is 1.63. The summed E-state index contributed by atoms with van der Waals surface area (Å²) in [6.07, 6.45) is 0. The highest BCUT2D eigenvalue weighted by Crippen LogP contribution is 2.26. The van der Waals surface area contributed by atoms with E-state index in [1.807, 2.05) is 17.5 Å². The van der Waals surface area contributed by atoms with E-state index in [1.165, 1.54) is 35.6 Å². The number of aliphatic hydroxyl groups excluding tert-OH is 1. The number of carbonyl (C=O) groups is 2. The summed E-state index contributed by atoms with van der Waals surface area (Å²) >= 11 is 1.46. The van der Waals surface area contributed by atoms with Crippen molar-refractivity contribution >= 4 is 23.2 Å². The lowest BCUT2D eigenvalue weighted by molar-refractivity contribution is -0.124. The highest BCUT2D eigenvalue weighted by atomic mass is 32.1. The Hall–Kier alpha value is -3.03. The van der Waals surface area contributed by atoms with Crippen LogP contribution in [-0.4, -0.2) is 23.6 Å². The van der Waals surface area contributed by atoms with Crippen molar-refractivity contribution < 1.29 is 23.8 Å². The molecule has 1 amide bonds. The number of benzene rings is 2. The molecule has 0 radical (unpaired) electrons. The number of aliphatic hydroxyl groups is 1. The molecule has 5 nitrogen and oxygen atoms in total. The van der Waals surface area contributed by atoms with Crippen LogP contribution < -0.4 is 5.32 Å². The van der Waals surface area contributed by atoms with E-state index in [0.717, 1.165) is 10.4 Å². The van der Waals surface area contributed by atoms with Crippen LogP contribution in [0.2, 0.25) is 0 Å². The lowest BCUT2D eigenvalue weighted by atomic mass is 10.1. The molecule has 0 saturated carbocycles. The lowest BCUT2D eigenvalue weighted by Gasteiger charge is -2.18. The Kier molecular flexibility index (Phi) is 6.52. The van der Waals surface area contributed by atoms with E-state index in [1.54, 1.807) is 24.3 Å². The molecule has 0 bridgehead atoms. The predicted octanol–water partition coefficient (Wildman–Crippen LogP) is 3.44. The van der Waals surface area contributed by atoms with Crippen LogP contribution in [0.1, 0.15) is 32.4 Å². The third kappa shape index (κ3) is 5.03. The first-order valence-corrected chi connectivity index (χ1v) is 9.40. The zero-order valence-corrected chi connectivity index (χ0v) is 15.6. The smallest absolute Gasteiger partial charge is 0.338 e. The molecule has 1 atom stereocenters. The number of carbonyl (C=O) groups excluding carboxylic acids is 2. The second-order valence-corrected chi connectivity index (χ2v) is 6.98. The number of rotatable bonds is 7. The summed E-state index contributed by atoms with van der Waals surface area (Å²) in [4.78, 5) is 25.3. The van der Waals surface area contributed by atoms with E-state index in [4.69, 9.17) is 9.84 Å². The number of esters is 1. The van der Waals surface area contributed by atoms with Crippen LogP contribution in [0.25, 0.3) is 0 Å². The van der Waals surface area contributed by atoms with Gasteiger partial charge in [-0.1, -0.05) is 30.3 Å². The van der Waals surface area contributed by atoms with Gasteiger partial charge in [-0.25, -0.2) is 9.18 Å². The predicted molar refractivity (Wildman–Crippen MR) is 103 cm³/mol. The van der Waals surface area contributed by atoms with Crippen molar-refractivity contribution in [2.24, 2.45) is 0 Å². The average molecular weight is 399 g/mol. The first-order chi connectivity index (χ1) is 13.6. The minimum Gasteiger partial charge on any atom is -0.452 e. The van der Waals surface area contributed by atoms with Gasteiger partial charge in [0.05, 0.1) is 18.2 Å². The maximum atomic E-state index is 13.2. The van der Waals surface area contributed by atoms with Gasteiger partial charge in [0.1, 0.15) is 5.82 Å². The van der Waals surface area contributed by atoms with Gasteiger partial charge in [0, 0.05) is 4.88 Å². The Morgan fingerprint density at radius 3 is 2.39 bits per heavy atom. The zero-order chi connectivity index (χ0) is 19.9. The van der Waals surface area contributed by atoms with Gasteiger partial charge in [-0.15, -0.1) is 11.3 Å². The largest absolute Gasteiger partial charge is 0.452 e. The molecule has 3 aromatic rings. The topological polar surface area (TPSA) is 75.6 Å². The summed E-state index contributed by atoms with van der Waals surface area (Å²) < 4.78 is 18.3. The van der Waals surface area contributed by atoms with Crippen molar-refractivity contribution in [3.63, 3.8) is 0 Å². The summed E-state index contributed by atoms with van der Waals surface area (Å²) in [5, 5.41) is 13.7. The van der Waals surface area contributed by atoms with E-state index in [-0.39, 0.29) is 12.4 Å². The molecule has 0 aliphatic rings. The van der Waals surface area contributed by atoms with Crippen molar-refractivity contribution in [3.05, 3.63) is 93.4 Å². The van der Waals surface area contributed by atoms with Crippen LogP contribution in [0, 0.1) is 5.82 Å². The molecule has 7 heteroatoms. The van der Waals surface area contributed by atoms with Gasteiger partial charge in [0.2, 0.25) is 0 Å². The number of amides is 1. The SMILES string of the molecule is O=C(COC(=O)c1ccc(CO)cc1)N[C@@H](c1ccc(F)cc1)c1cccs1. The summed E-state index contributed by atoms with van der Waals surface area (Å²) in [5.41, 5.74) is 1.69. The van der Waals surface area contributed by atoms with Gasteiger partial charge < -0.3 is 15.2 Å². The summed E-state index contributed by atoms with van der Waals surface area (Å²) in [6.45, 7) is -0.561. The highest BCUT2D eigenvalue weighted by Gasteiger charge is 2.19. The lowest BCUT2D eigenvalue weighted by Crippen LogP contribution is -2.32. The average Bonchev–Trinajstić information content (AvgIpc) is 3.25. The van der Waals surface area contributed by atoms with Gasteiger partial charge in [-0.3, -0.25) is 4.79 Å². The molecule has 0 fully saturated rings. The number of hydrogen-bond donors (Lipinski definition) is 2. The van der Waals surface area contributed by atoms with Crippen molar-refractivity contribution in [2.75, 3.05) is 6.61 Å². The maximum Gasteiger partial charge on any atom is 0.338 e. The molecular weight excluding hydrogens is 381 g/mol. The molecule has 0 spiro atoms. The molecular formula is C21H18FNO4S. The summed E-state index contributed by atoms with van der Waals surface area (Å²) in [7, 11) is 0. The first-order valence-electron chi connectivity index (χ1n) is 8.52. The van der Waals surface area contributed by atoms with Crippen LogP contribution >= 0.6 is 11.3 Å². The number of halogens is 1. The quantitative estimate of drug-likeness (QED) is 0.597. The molecule has 2 N–H and O–H groups in total. The zero-order valence-electron chi connectivity index (χ0n) is 14.8. The van der Waals surface area contributed by atoms with E-state index < -0.39 is 24.5 Å². The van der Waals surface area contributed by atoms with E-state index >= 15 is 0 Å². The van der Waals surface area contributed by atoms with Crippen molar-refractivity contribution in [1.29, 1.82) is 0 Å². The van der Waals surface area contributed by atoms with Crippen LogP contribution in [0.3, 0.4) is 0 Å². The van der Waals surface area contributed by atoms with Crippen LogP contribution in [0.15, 0.2) is 66.0 Å². The van der Waals surface area contributed by atoms with Crippen molar-refractivity contribution in [3.8, 4) is 0 Å². The van der Waals surface area contributed by atoms with Crippen molar-refractivity contribution in [2.45, 2.75) is 12.6 Å². The molecule has 0 aliphatic heterocycles. The Labute approximate surface area is 165 Å². The van der Waals surface area contributed by atoms with Gasteiger partial charge >= 0.3 is 5.97 Å². The normalized spacial score (nSPS) is 11.6. The molecule has 3 rings (SSSR count). The monoisotopic (exact) mass is 399 g/mol. The van der Waals surface area contributed by atoms with E-state index in [2.05, 4.69) is 5.32 Å². The van der Waals surface area contributed by atoms with E-state index in [9.17, 15) is 14.0 Å². The molecule has 1 heterocycles. The molecule has 0 unspecified atom stereocenters. The second-order valence-electron chi connectivity index (χ2n) is 6.00.